The first kappa shape index (κ1) is 34.5. The second kappa shape index (κ2) is 13.4. The summed E-state index contributed by atoms with van der Waals surface area (Å²) in [5.41, 5.74) is 1.11. The van der Waals surface area contributed by atoms with E-state index in [1.807, 2.05) is 29.1 Å². The van der Waals surface area contributed by atoms with Crippen molar-refractivity contribution in [1.82, 2.24) is 34.2 Å². The highest BCUT2D eigenvalue weighted by atomic mass is 19.4. The van der Waals surface area contributed by atoms with Gasteiger partial charge in [-0.2, -0.15) is 18.3 Å². The number of fused-ring (bicyclic) bond motifs is 2. The van der Waals surface area contributed by atoms with Crippen LogP contribution in [0.25, 0.3) is 21.9 Å². The fourth-order valence-electron chi connectivity index (χ4n) is 7.78. The molecule has 3 aliphatic rings. The summed E-state index contributed by atoms with van der Waals surface area (Å²) >= 11 is 0. The van der Waals surface area contributed by atoms with Crippen molar-refractivity contribution in [3.05, 3.63) is 76.7 Å². The zero-order chi connectivity index (χ0) is 37.0. The number of para-hydroxylation sites is 1. The molecule has 4 aromatic heterocycles. The smallest absolute Gasteiger partial charge is 0.373 e. The maximum Gasteiger partial charge on any atom is 0.433 e. The van der Waals surface area contributed by atoms with Gasteiger partial charge in [0.05, 0.1) is 41.2 Å². The molecule has 1 aliphatic carbocycles. The van der Waals surface area contributed by atoms with Gasteiger partial charge in [-0.15, -0.1) is 0 Å². The molecule has 14 nitrogen and oxygen atoms in total. The molecule has 1 aromatic carbocycles. The number of carbonyl (C=O) groups excluding carboxylic acids is 3. The second-order valence-corrected chi connectivity index (χ2v) is 13.8. The first-order valence-corrected chi connectivity index (χ1v) is 17.6. The molecular weight excluding hydrogens is 695 g/mol. The van der Waals surface area contributed by atoms with Crippen LogP contribution in [0.3, 0.4) is 0 Å². The van der Waals surface area contributed by atoms with Crippen LogP contribution in [-0.4, -0.2) is 71.9 Å². The first-order valence-electron chi connectivity index (χ1n) is 17.6. The van der Waals surface area contributed by atoms with Crippen molar-refractivity contribution in [3.63, 3.8) is 0 Å². The monoisotopic (exact) mass is 731 g/mol. The number of carbonyl (C=O) groups is 3. The van der Waals surface area contributed by atoms with Gasteiger partial charge in [0, 0.05) is 38.1 Å². The van der Waals surface area contributed by atoms with Gasteiger partial charge in [0.15, 0.2) is 0 Å². The number of ether oxygens (including phenoxy) is 1. The Labute approximate surface area is 299 Å². The van der Waals surface area contributed by atoms with Crippen LogP contribution in [0.5, 0.6) is 0 Å². The third-order valence-electron chi connectivity index (χ3n) is 10.4. The predicted molar refractivity (Wildman–Crippen MR) is 186 cm³/mol. The quantitative estimate of drug-likeness (QED) is 0.230. The van der Waals surface area contributed by atoms with E-state index in [1.54, 1.807) is 17.7 Å². The Morgan fingerprint density at radius 1 is 1.00 bits per heavy atom. The number of imide groups is 1. The summed E-state index contributed by atoms with van der Waals surface area (Å²) in [6.07, 6.45) is 3.52. The minimum Gasteiger partial charge on any atom is -0.373 e. The van der Waals surface area contributed by atoms with Crippen molar-refractivity contribution in [2.75, 3.05) is 23.3 Å². The molecule has 17 heteroatoms. The molecule has 3 fully saturated rings. The first-order chi connectivity index (χ1) is 25.4. The Bertz CT molecular complexity index is 2310. The normalized spacial score (nSPS) is 22.5. The Kier molecular flexibility index (Phi) is 8.75. The van der Waals surface area contributed by atoms with E-state index < -0.39 is 29.7 Å². The number of amides is 3. The van der Waals surface area contributed by atoms with Crippen LogP contribution >= 0.6 is 0 Å². The van der Waals surface area contributed by atoms with Gasteiger partial charge >= 0.3 is 11.9 Å². The summed E-state index contributed by atoms with van der Waals surface area (Å²) in [5, 5.41) is 10.3. The number of nitrogens with one attached hydrogen (secondary N) is 2. The molecule has 3 amide bonds. The SMILES string of the molecule is Cn1c(=O)n(C2CCC(=O)NC2=O)c2cccc(N3CCC(OC4CCC(n5cc6cc(NC(=O)c7cccc(C(F)(F)F)n7)ncc6n5)CC4)C3)c21. The van der Waals surface area contributed by atoms with Crippen molar-refractivity contribution in [2.24, 2.45) is 7.05 Å². The van der Waals surface area contributed by atoms with Gasteiger partial charge in [-0.1, -0.05) is 12.1 Å². The maximum atomic E-state index is 13.4. The van der Waals surface area contributed by atoms with Crippen molar-refractivity contribution in [3.8, 4) is 0 Å². The number of aromatic nitrogens is 6. The number of hydrogen-bond donors (Lipinski definition) is 2. The minimum atomic E-state index is -4.67. The average Bonchev–Trinajstić information content (AvgIpc) is 3.85. The Morgan fingerprint density at radius 2 is 1.79 bits per heavy atom. The fourth-order valence-corrected chi connectivity index (χ4v) is 7.78. The molecule has 2 unspecified atom stereocenters. The fraction of sp³-hybridized carbons (Fsp3) is 0.417. The van der Waals surface area contributed by atoms with E-state index in [1.165, 1.54) is 16.8 Å². The van der Waals surface area contributed by atoms with Crippen molar-refractivity contribution >= 4 is 51.2 Å². The van der Waals surface area contributed by atoms with Crippen molar-refractivity contribution in [1.29, 1.82) is 0 Å². The average molecular weight is 732 g/mol. The molecule has 8 rings (SSSR count). The van der Waals surface area contributed by atoms with Crippen LogP contribution in [0.15, 0.2) is 59.7 Å². The van der Waals surface area contributed by atoms with Gasteiger partial charge < -0.3 is 15.0 Å². The number of hydrogen-bond acceptors (Lipinski definition) is 9. The van der Waals surface area contributed by atoms with E-state index in [0.717, 1.165) is 67.4 Å². The highest BCUT2D eigenvalue weighted by Gasteiger charge is 2.35. The molecule has 0 spiro atoms. The van der Waals surface area contributed by atoms with Gasteiger partial charge in [0.25, 0.3) is 5.91 Å². The number of imidazole rings is 1. The van der Waals surface area contributed by atoms with E-state index in [4.69, 9.17) is 9.84 Å². The summed E-state index contributed by atoms with van der Waals surface area (Å²) in [7, 11) is 1.71. The summed E-state index contributed by atoms with van der Waals surface area (Å²) in [6.45, 7) is 1.42. The van der Waals surface area contributed by atoms with Gasteiger partial charge in [0.1, 0.15) is 28.8 Å². The Hall–Kier alpha value is -5.58. The highest BCUT2D eigenvalue weighted by Crippen LogP contribution is 2.35. The zero-order valence-corrected chi connectivity index (χ0v) is 28.7. The van der Waals surface area contributed by atoms with Crippen LogP contribution < -0.4 is 21.2 Å². The lowest BCUT2D eigenvalue weighted by Gasteiger charge is -2.30. The van der Waals surface area contributed by atoms with E-state index in [0.29, 0.717) is 17.6 Å². The van der Waals surface area contributed by atoms with E-state index in [2.05, 4.69) is 25.5 Å². The molecule has 2 N–H and O–H groups in total. The maximum absolute atomic E-state index is 13.4. The number of halogens is 3. The standard InChI is InChI=1S/C36H36F3N9O5/c1-45-32-26(5-3-6-27(32)48(35(45)52)28-12-13-31(49)43-34(28)51)46-15-14-23(19-46)53-22-10-8-21(9-11-22)47-18-20-16-30(40-17-25(20)44-47)42-33(50)24-4-2-7-29(41-24)36(37,38)39/h2-7,16-18,21-23,28H,8-15,19H2,1H3,(H,42,50)(H,43,49,51). The molecule has 276 valence electrons. The van der Waals surface area contributed by atoms with Crippen LogP contribution in [0.2, 0.25) is 0 Å². The molecule has 1 saturated carbocycles. The lowest BCUT2D eigenvalue weighted by atomic mass is 9.93. The van der Waals surface area contributed by atoms with Crippen molar-refractivity contribution < 1.29 is 32.3 Å². The van der Waals surface area contributed by atoms with E-state index in [9.17, 15) is 32.3 Å². The summed E-state index contributed by atoms with van der Waals surface area (Å²) in [5.74, 6) is -1.42. The molecule has 5 aromatic rings. The molecule has 0 radical (unpaired) electrons. The number of nitrogens with zero attached hydrogens (tertiary/aromatic N) is 7. The molecule has 6 heterocycles. The Morgan fingerprint density at radius 3 is 2.57 bits per heavy atom. The molecule has 53 heavy (non-hydrogen) atoms. The van der Waals surface area contributed by atoms with Gasteiger partial charge in [0.2, 0.25) is 11.8 Å². The van der Waals surface area contributed by atoms with Crippen LogP contribution in [-0.2, 0) is 27.5 Å². The van der Waals surface area contributed by atoms with Crippen LogP contribution in [0.4, 0.5) is 24.7 Å². The third-order valence-corrected chi connectivity index (χ3v) is 10.4. The van der Waals surface area contributed by atoms with Gasteiger partial charge in [-0.05, 0) is 68.9 Å². The van der Waals surface area contributed by atoms with E-state index >= 15 is 0 Å². The molecule has 0 bridgehead atoms. The topological polar surface area (TPSA) is 158 Å². The summed E-state index contributed by atoms with van der Waals surface area (Å²) < 4.78 is 50.7. The Balaban J connectivity index is 0.882. The van der Waals surface area contributed by atoms with Crippen LogP contribution in [0, 0.1) is 0 Å². The predicted octanol–water partition coefficient (Wildman–Crippen LogP) is 4.51. The number of anilines is 2. The van der Waals surface area contributed by atoms with Crippen LogP contribution in [0.1, 0.15) is 73.2 Å². The number of rotatable bonds is 7. The number of piperidine rings is 1. The summed E-state index contributed by atoms with van der Waals surface area (Å²) in [6, 6.07) is 9.88. The zero-order valence-electron chi connectivity index (χ0n) is 28.7. The largest absolute Gasteiger partial charge is 0.433 e. The molecule has 2 saturated heterocycles. The van der Waals surface area contributed by atoms with Gasteiger partial charge in [-0.3, -0.25) is 33.5 Å². The second-order valence-electron chi connectivity index (χ2n) is 13.8. The molecule has 2 aliphatic heterocycles. The minimum absolute atomic E-state index is 0.0131. The number of benzene rings is 1. The lowest BCUT2D eigenvalue weighted by molar-refractivity contribution is -0.141. The third kappa shape index (κ3) is 6.64. The van der Waals surface area contributed by atoms with Gasteiger partial charge in [-0.25, -0.2) is 14.8 Å². The molecule has 2 atom stereocenters. The summed E-state index contributed by atoms with van der Waals surface area (Å²) in [4.78, 5) is 60.3. The van der Waals surface area contributed by atoms with Crippen molar-refractivity contribution in [2.45, 2.75) is 75.4 Å². The number of pyridine rings is 2. The number of aryl methyl sites for hydroxylation is 1. The lowest BCUT2D eigenvalue weighted by Crippen LogP contribution is -2.44. The highest BCUT2D eigenvalue weighted by molar-refractivity contribution is 6.03. The molecular formula is C36H36F3N9O5. The number of alkyl halides is 3. The van der Waals surface area contributed by atoms with E-state index in [-0.39, 0.29) is 54.2 Å².